The van der Waals surface area contributed by atoms with E-state index in [1.165, 1.54) is 155 Å². The minimum Gasteiger partial charge on any atom is -0.317 e. The molecule has 3 heteroatoms. The molecule has 0 atom stereocenters. The zero-order valence-electron chi connectivity index (χ0n) is 34.6. The molecule has 0 aliphatic carbocycles. The van der Waals surface area contributed by atoms with Crippen molar-refractivity contribution in [2.75, 3.05) is 39.3 Å². The third-order valence-electron chi connectivity index (χ3n) is 8.48. The molecule has 0 aliphatic rings. The molecule has 0 amide bonds. The summed E-state index contributed by atoms with van der Waals surface area (Å²) in [6, 6.07) is 0. The van der Waals surface area contributed by atoms with E-state index in [4.69, 9.17) is 0 Å². The highest BCUT2D eigenvalue weighted by atomic mass is 14.9. The van der Waals surface area contributed by atoms with Gasteiger partial charge in [-0.1, -0.05) is 173 Å². The average molecular weight is 654 g/mol. The normalized spacial score (nSPS) is 11.6. The Bertz CT molecular complexity index is 468. The number of unbranched alkanes of at least 4 members (excludes halogenated alkanes) is 9. The Kier molecular flexibility index (Phi) is 44.9. The predicted octanol–water partition coefficient (Wildman–Crippen LogP) is 13.1. The molecule has 0 fully saturated rings. The third kappa shape index (κ3) is 59.3. The highest BCUT2D eigenvalue weighted by Crippen LogP contribution is 2.13. The van der Waals surface area contributed by atoms with E-state index in [0.717, 1.165) is 42.1 Å². The van der Waals surface area contributed by atoms with E-state index in [1.54, 1.807) is 0 Å². The lowest BCUT2D eigenvalue weighted by atomic mass is 10.0. The standard InChI is InChI=1S/C16H36N2.C14H31N.C13H28/c1-15(2)10-6-9-12-17-11-7-5-8-13-18-14-16(3)4;1-13(2)9-5-7-11-15-12-8-6-10-14(3)4;1-12(2)10-8-6-5-7-9-11-13(3)4/h15-18H,5-14H2,1-4H3;13-15H,5-12H2,1-4H3;12-13H,5-11H2,1-4H3. The van der Waals surface area contributed by atoms with Gasteiger partial charge in [0, 0.05) is 0 Å². The Morgan fingerprint density at radius 1 is 0.239 bits per heavy atom. The summed E-state index contributed by atoms with van der Waals surface area (Å²) in [4.78, 5) is 0. The molecule has 46 heavy (non-hydrogen) atoms. The monoisotopic (exact) mass is 654 g/mol. The van der Waals surface area contributed by atoms with Crippen LogP contribution in [0.15, 0.2) is 0 Å². The Morgan fingerprint density at radius 3 is 0.739 bits per heavy atom. The second kappa shape index (κ2) is 41.1. The number of hydrogen-bond acceptors (Lipinski definition) is 3. The second-order valence-corrected chi connectivity index (χ2v) is 17.0. The van der Waals surface area contributed by atoms with Gasteiger partial charge in [-0.05, 0) is 107 Å². The summed E-state index contributed by atoms with van der Waals surface area (Å²) in [5.74, 6) is 5.18. The van der Waals surface area contributed by atoms with E-state index in [1.807, 2.05) is 0 Å². The van der Waals surface area contributed by atoms with Gasteiger partial charge in [0.2, 0.25) is 0 Å². The lowest BCUT2D eigenvalue weighted by molar-refractivity contribution is 0.489. The molecule has 0 aromatic heterocycles. The molecule has 0 rings (SSSR count). The molecule has 0 spiro atoms. The van der Waals surface area contributed by atoms with Gasteiger partial charge in [-0.15, -0.1) is 0 Å². The third-order valence-corrected chi connectivity index (χ3v) is 8.48. The Morgan fingerprint density at radius 2 is 0.457 bits per heavy atom. The Balaban J connectivity index is -0.000000612. The first kappa shape index (κ1) is 50.3. The first-order chi connectivity index (χ1) is 21.9. The van der Waals surface area contributed by atoms with E-state index >= 15 is 0 Å². The molecule has 0 heterocycles. The van der Waals surface area contributed by atoms with Gasteiger partial charge >= 0.3 is 0 Å². The van der Waals surface area contributed by atoms with Gasteiger partial charge in [-0.3, -0.25) is 0 Å². The zero-order valence-corrected chi connectivity index (χ0v) is 34.6. The molecular weight excluding hydrogens is 558 g/mol. The maximum atomic E-state index is 3.55. The van der Waals surface area contributed by atoms with Crippen LogP contribution in [-0.2, 0) is 0 Å². The van der Waals surface area contributed by atoms with Crippen LogP contribution in [0.1, 0.15) is 205 Å². The molecule has 282 valence electrons. The van der Waals surface area contributed by atoms with Crippen LogP contribution in [0.4, 0.5) is 0 Å². The number of hydrogen-bond donors (Lipinski definition) is 3. The van der Waals surface area contributed by atoms with Crippen molar-refractivity contribution in [2.45, 2.75) is 205 Å². The molecule has 0 aromatic rings. The van der Waals surface area contributed by atoms with E-state index < -0.39 is 0 Å². The van der Waals surface area contributed by atoms with Crippen molar-refractivity contribution in [3.63, 3.8) is 0 Å². The first-order valence-corrected chi connectivity index (χ1v) is 21.0. The van der Waals surface area contributed by atoms with Crippen molar-refractivity contribution in [1.29, 1.82) is 0 Å². The van der Waals surface area contributed by atoms with Gasteiger partial charge in [-0.25, -0.2) is 0 Å². The quantitative estimate of drug-likeness (QED) is 0.0652. The number of nitrogens with one attached hydrogen (secondary N) is 3. The Labute approximate surface area is 295 Å². The van der Waals surface area contributed by atoms with Crippen molar-refractivity contribution in [3.05, 3.63) is 0 Å². The van der Waals surface area contributed by atoms with Crippen molar-refractivity contribution in [2.24, 2.45) is 35.5 Å². The maximum absolute atomic E-state index is 3.55. The molecule has 0 radical (unpaired) electrons. The van der Waals surface area contributed by atoms with E-state index in [9.17, 15) is 0 Å². The van der Waals surface area contributed by atoms with Crippen LogP contribution in [-0.4, -0.2) is 39.3 Å². The fourth-order valence-electron chi connectivity index (χ4n) is 5.36. The Hall–Kier alpha value is -0.120. The summed E-state index contributed by atoms with van der Waals surface area (Å²) in [7, 11) is 0. The van der Waals surface area contributed by atoms with E-state index in [0.29, 0.717) is 0 Å². The van der Waals surface area contributed by atoms with Crippen LogP contribution < -0.4 is 16.0 Å². The van der Waals surface area contributed by atoms with Crippen molar-refractivity contribution in [3.8, 4) is 0 Å². The minimum absolute atomic E-state index is 0.775. The number of rotatable bonds is 31. The van der Waals surface area contributed by atoms with Crippen LogP contribution in [0.2, 0.25) is 0 Å². The van der Waals surface area contributed by atoms with Gasteiger partial charge in [0.1, 0.15) is 0 Å². The molecule has 0 saturated heterocycles. The van der Waals surface area contributed by atoms with Gasteiger partial charge in [0.15, 0.2) is 0 Å². The summed E-state index contributed by atoms with van der Waals surface area (Å²) in [5, 5.41) is 10.6. The molecular formula is C43H95N3. The molecule has 0 aliphatic heterocycles. The first-order valence-electron chi connectivity index (χ1n) is 21.0. The SMILES string of the molecule is CC(C)CCCCCCCC(C)C.CC(C)CCCCNCCCCC(C)C.CC(C)CCCCNCCCCCNCC(C)C. The minimum atomic E-state index is 0.775. The van der Waals surface area contributed by atoms with Crippen LogP contribution >= 0.6 is 0 Å². The fraction of sp³-hybridized carbons (Fsp3) is 1.00. The summed E-state index contributed by atoms with van der Waals surface area (Å²) >= 11 is 0. The summed E-state index contributed by atoms with van der Waals surface area (Å²) in [5.41, 5.74) is 0. The molecule has 0 bridgehead atoms. The fourth-order valence-corrected chi connectivity index (χ4v) is 5.36. The smallest absolute Gasteiger partial charge is 0.00258 e. The lowest BCUT2D eigenvalue weighted by Gasteiger charge is -2.08. The topological polar surface area (TPSA) is 36.1 Å². The average Bonchev–Trinajstić information content (AvgIpc) is 2.96. The highest BCUT2D eigenvalue weighted by Gasteiger charge is 1.98. The van der Waals surface area contributed by atoms with Crippen molar-refractivity contribution < 1.29 is 0 Å². The van der Waals surface area contributed by atoms with Gasteiger partial charge in [-0.2, -0.15) is 0 Å². The molecule has 3 nitrogen and oxygen atoms in total. The van der Waals surface area contributed by atoms with Crippen LogP contribution in [0, 0.1) is 35.5 Å². The van der Waals surface area contributed by atoms with Gasteiger partial charge in [0.25, 0.3) is 0 Å². The summed E-state index contributed by atoms with van der Waals surface area (Å²) < 4.78 is 0. The van der Waals surface area contributed by atoms with Gasteiger partial charge < -0.3 is 16.0 Å². The largest absolute Gasteiger partial charge is 0.317 e. The lowest BCUT2D eigenvalue weighted by Crippen LogP contribution is -2.21. The van der Waals surface area contributed by atoms with E-state index in [2.05, 4.69) is 99.0 Å². The molecule has 0 aromatic carbocycles. The zero-order chi connectivity index (χ0) is 35.3. The molecule has 0 unspecified atom stereocenters. The predicted molar refractivity (Wildman–Crippen MR) is 215 cm³/mol. The van der Waals surface area contributed by atoms with Crippen molar-refractivity contribution in [1.82, 2.24) is 16.0 Å². The van der Waals surface area contributed by atoms with Crippen LogP contribution in [0.3, 0.4) is 0 Å². The van der Waals surface area contributed by atoms with Crippen molar-refractivity contribution >= 4 is 0 Å². The summed E-state index contributed by atoms with van der Waals surface area (Å²) in [6.07, 6.45) is 26.4. The second-order valence-electron chi connectivity index (χ2n) is 17.0. The van der Waals surface area contributed by atoms with Crippen LogP contribution in [0.25, 0.3) is 0 Å². The molecule has 3 N–H and O–H groups in total. The highest BCUT2D eigenvalue weighted by molar-refractivity contribution is 4.56. The van der Waals surface area contributed by atoms with Gasteiger partial charge in [0.05, 0.1) is 0 Å². The maximum Gasteiger partial charge on any atom is -0.00258 e. The summed E-state index contributed by atoms with van der Waals surface area (Å²) in [6.45, 7) is 34.8. The van der Waals surface area contributed by atoms with Crippen LogP contribution in [0.5, 0.6) is 0 Å². The molecule has 0 saturated carbocycles. The van der Waals surface area contributed by atoms with E-state index in [-0.39, 0.29) is 0 Å².